The molecule has 0 saturated carbocycles. The Morgan fingerprint density at radius 1 is 1.58 bits per heavy atom. The van der Waals surface area contributed by atoms with E-state index in [9.17, 15) is 4.79 Å². The molecule has 7 heteroatoms. The van der Waals surface area contributed by atoms with Gasteiger partial charge in [0, 0.05) is 25.6 Å². The topological polar surface area (TPSA) is 86.8 Å². The summed E-state index contributed by atoms with van der Waals surface area (Å²) in [4.78, 5) is 21.9. The van der Waals surface area contributed by atoms with Gasteiger partial charge in [0.2, 0.25) is 5.91 Å². The van der Waals surface area contributed by atoms with Gasteiger partial charge in [-0.3, -0.25) is 9.89 Å². The molecule has 19 heavy (non-hydrogen) atoms. The summed E-state index contributed by atoms with van der Waals surface area (Å²) in [7, 11) is 0. The van der Waals surface area contributed by atoms with Crippen LogP contribution in [0.5, 0.6) is 0 Å². The number of aromatic amines is 1. The van der Waals surface area contributed by atoms with Gasteiger partial charge in [0.1, 0.15) is 12.1 Å². The lowest BCUT2D eigenvalue weighted by Gasteiger charge is -2.16. The number of hydrogen-bond acceptors (Lipinski definition) is 5. The molecule has 2 aromatic heterocycles. The molecule has 100 valence electrons. The molecule has 1 unspecified atom stereocenters. The Morgan fingerprint density at radius 3 is 3.32 bits per heavy atom. The van der Waals surface area contributed by atoms with Crippen LogP contribution in [0.15, 0.2) is 12.5 Å². The maximum Gasteiger partial charge on any atom is 0.222 e. The van der Waals surface area contributed by atoms with Crippen LogP contribution in [0.2, 0.25) is 0 Å². The van der Waals surface area contributed by atoms with Crippen LogP contribution in [0, 0.1) is 0 Å². The van der Waals surface area contributed by atoms with Gasteiger partial charge in [-0.15, -0.1) is 0 Å². The van der Waals surface area contributed by atoms with Crippen molar-refractivity contribution in [2.45, 2.75) is 25.8 Å². The number of nitrogens with zero attached hydrogens (tertiary/aromatic N) is 4. The number of carbonyl (C=O) groups is 1. The summed E-state index contributed by atoms with van der Waals surface area (Å²) in [6.07, 6.45) is 4.72. The molecule has 1 amide bonds. The minimum Gasteiger partial charge on any atom is -0.365 e. The van der Waals surface area contributed by atoms with Gasteiger partial charge in [-0.2, -0.15) is 5.10 Å². The Labute approximate surface area is 110 Å². The van der Waals surface area contributed by atoms with Crippen molar-refractivity contribution in [1.29, 1.82) is 0 Å². The highest BCUT2D eigenvalue weighted by atomic mass is 16.2. The highest BCUT2D eigenvalue weighted by molar-refractivity contribution is 5.85. The number of hydrogen-bond donors (Lipinski definition) is 2. The van der Waals surface area contributed by atoms with Crippen molar-refractivity contribution in [3.05, 3.63) is 12.5 Å². The van der Waals surface area contributed by atoms with Gasteiger partial charge < -0.3 is 10.2 Å². The second-order valence-corrected chi connectivity index (χ2v) is 4.68. The first-order valence-electron chi connectivity index (χ1n) is 6.46. The van der Waals surface area contributed by atoms with E-state index in [2.05, 4.69) is 25.5 Å². The van der Waals surface area contributed by atoms with E-state index in [1.165, 1.54) is 6.33 Å². The highest BCUT2D eigenvalue weighted by Gasteiger charge is 2.25. The lowest BCUT2D eigenvalue weighted by molar-refractivity contribution is -0.129. The molecule has 2 aromatic rings. The van der Waals surface area contributed by atoms with E-state index in [1.807, 2.05) is 11.8 Å². The average molecular weight is 260 g/mol. The number of carbonyl (C=O) groups excluding carboxylic acids is 1. The van der Waals surface area contributed by atoms with Crippen LogP contribution in [0.25, 0.3) is 11.0 Å². The second kappa shape index (κ2) is 4.83. The third-order valence-corrected chi connectivity index (χ3v) is 3.43. The van der Waals surface area contributed by atoms with Gasteiger partial charge >= 0.3 is 0 Å². The molecule has 1 aliphatic rings. The maximum absolute atomic E-state index is 11.6. The first-order chi connectivity index (χ1) is 9.28. The Hall–Kier alpha value is -2.18. The Bertz CT molecular complexity index is 595. The zero-order chi connectivity index (χ0) is 13.2. The second-order valence-electron chi connectivity index (χ2n) is 4.68. The summed E-state index contributed by atoms with van der Waals surface area (Å²) in [5, 5.41) is 11.0. The van der Waals surface area contributed by atoms with Gasteiger partial charge in [-0.25, -0.2) is 9.97 Å². The zero-order valence-electron chi connectivity index (χ0n) is 10.8. The molecule has 0 aliphatic carbocycles. The van der Waals surface area contributed by atoms with E-state index in [1.54, 1.807) is 6.20 Å². The Kier molecular flexibility index (Phi) is 3.02. The number of rotatable bonds is 3. The number of nitrogens with one attached hydrogen (secondary N) is 2. The highest BCUT2D eigenvalue weighted by Crippen LogP contribution is 2.20. The molecular formula is C12H16N6O. The number of anilines is 1. The fourth-order valence-corrected chi connectivity index (χ4v) is 2.40. The van der Waals surface area contributed by atoms with Crippen LogP contribution >= 0.6 is 0 Å². The van der Waals surface area contributed by atoms with E-state index >= 15 is 0 Å². The lowest BCUT2D eigenvalue weighted by Crippen LogP contribution is -2.31. The number of fused-ring (bicyclic) bond motifs is 1. The molecular weight excluding hydrogens is 244 g/mol. The van der Waals surface area contributed by atoms with E-state index in [0.717, 1.165) is 36.4 Å². The van der Waals surface area contributed by atoms with Crippen molar-refractivity contribution < 1.29 is 4.79 Å². The standard InChI is InChI=1S/C12H16N6O/c1-2-10(19)18-4-3-8(6-18)16-11-9-5-15-17-12(9)14-7-13-11/h5,7-8H,2-4,6H2,1H3,(H2,13,14,15,16,17). The summed E-state index contributed by atoms with van der Waals surface area (Å²) in [6.45, 7) is 3.43. The van der Waals surface area contributed by atoms with Gasteiger partial charge in [0.25, 0.3) is 0 Å². The average Bonchev–Trinajstić information content (AvgIpc) is 3.07. The van der Waals surface area contributed by atoms with Gasteiger partial charge in [0.05, 0.1) is 11.6 Å². The minimum absolute atomic E-state index is 0.209. The third kappa shape index (κ3) is 2.23. The number of aromatic nitrogens is 4. The summed E-state index contributed by atoms with van der Waals surface area (Å²) in [5.41, 5.74) is 0.719. The fourth-order valence-electron chi connectivity index (χ4n) is 2.40. The van der Waals surface area contributed by atoms with Crippen molar-refractivity contribution in [2.24, 2.45) is 0 Å². The van der Waals surface area contributed by atoms with E-state index < -0.39 is 0 Å². The Morgan fingerprint density at radius 2 is 2.47 bits per heavy atom. The molecule has 2 N–H and O–H groups in total. The molecule has 1 fully saturated rings. The number of amides is 1. The van der Waals surface area contributed by atoms with Crippen molar-refractivity contribution >= 4 is 22.8 Å². The van der Waals surface area contributed by atoms with Crippen LogP contribution < -0.4 is 5.32 Å². The first kappa shape index (κ1) is 11.9. The molecule has 1 aliphatic heterocycles. The summed E-state index contributed by atoms with van der Waals surface area (Å²) in [6, 6.07) is 0.239. The molecule has 0 radical (unpaired) electrons. The van der Waals surface area contributed by atoms with Gasteiger partial charge in [-0.05, 0) is 6.42 Å². The SMILES string of the molecule is CCC(=O)N1CCC(Nc2ncnc3[nH]ncc23)C1. The molecule has 1 saturated heterocycles. The quantitative estimate of drug-likeness (QED) is 0.851. The summed E-state index contributed by atoms with van der Waals surface area (Å²) >= 11 is 0. The van der Waals surface area contributed by atoms with E-state index in [4.69, 9.17) is 0 Å². The van der Waals surface area contributed by atoms with Crippen molar-refractivity contribution in [3.8, 4) is 0 Å². The summed E-state index contributed by atoms with van der Waals surface area (Å²) < 4.78 is 0. The Balaban J connectivity index is 1.73. The van der Waals surface area contributed by atoms with Crippen LogP contribution in [0.1, 0.15) is 19.8 Å². The zero-order valence-corrected chi connectivity index (χ0v) is 10.8. The molecule has 0 bridgehead atoms. The van der Waals surface area contributed by atoms with Crippen molar-refractivity contribution in [2.75, 3.05) is 18.4 Å². The van der Waals surface area contributed by atoms with Crippen molar-refractivity contribution in [1.82, 2.24) is 25.1 Å². The smallest absolute Gasteiger partial charge is 0.222 e. The first-order valence-corrected chi connectivity index (χ1v) is 6.46. The van der Waals surface area contributed by atoms with Crippen LogP contribution in [0.3, 0.4) is 0 Å². The van der Waals surface area contributed by atoms with Gasteiger partial charge in [0.15, 0.2) is 5.65 Å². The molecule has 0 spiro atoms. The predicted octanol–water partition coefficient (Wildman–Crippen LogP) is 0.776. The molecule has 3 rings (SSSR count). The molecule has 3 heterocycles. The third-order valence-electron chi connectivity index (χ3n) is 3.43. The minimum atomic E-state index is 0.209. The van der Waals surface area contributed by atoms with E-state index in [-0.39, 0.29) is 11.9 Å². The maximum atomic E-state index is 11.6. The lowest BCUT2D eigenvalue weighted by atomic mass is 10.2. The van der Waals surface area contributed by atoms with E-state index in [0.29, 0.717) is 6.42 Å². The van der Waals surface area contributed by atoms with Crippen LogP contribution in [0.4, 0.5) is 5.82 Å². The molecule has 1 atom stereocenters. The van der Waals surface area contributed by atoms with Crippen molar-refractivity contribution in [3.63, 3.8) is 0 Å². The summed E-state index contributed by atoms with van der Waals surface area (Å²) in [5.74, 6) is 0.981. The number of likely N-dealkylation sites (tertiary alicyclic amines) is 1. The fraction of sp³-hybridized carbons (Fsp3) is 0.500. The van der Waals surface area contributed by atoms with Crippen LogP contribution in [-0.2, 0) is 4.79 Å². The molecule has 0 aromatic carbocycles. The molecule has 7 nitrogen and oxygen atoms in total. The largest absolute Gasteiger partial charge is 0.365 e. The van der Waals surface area contributed by atoms with Crippen LogP contribution in [-0.4, -0.2) is 50.1 Å². The number of H-pyrrole nitrogens is 1. The van der Waals surface area contributed by atoms with Gasteiger partial charge in [-0.1, -0.05) is 6.92 Å². The predicted molar refractivity (Wildman–Crippen MR) is 70.6 cm³/mol. The normalized spacial score (nSPS) is 19.0. The monoisotopic (exact) mass is 260 g/mol.